The highest BCUT2D eigenvalue weighted by molar-refractivity contribution is 9.10. The summed E-state index contributed by atoms with van der Waals surface area (Å²) in [5, 5.41) is 3.60. The van der Waals surface area contributed by atoms with Gasteiger partial charge in [-0.15, -0.1) is 11.3 Å². The van der Waals surface area contributed by atoms with Gasteiger partial charge in [-0.1, -0.05) is 26.3 Å². The van der Waals surface area contributed by atoms with Gasteiger partial charge in [0, 0.05) is 15.8 Å². The first-order valence-electron chi connectivity index (χ1n) is 7.44. The van der Waals surface area contributed by atoms with Crippen LogP contribution in [0.2, 0.25) is 0 Å². The molecule has 0 saturated heterocycles. The fourth-order valence-electron chi connectivity index (χ4n) is 2.30. The average molecular weight is 370 g/mol. The van der Waals surface area contributed by atoms with Crippen LogP contribution in [0.5, 0.6) is 0 Å². The Labute approximate surface area is 138 Å². The summed E-state index contributed by atoms with van der Waals surface area (Å²) in [5.41, 5.74) is 0.942. The topological polar surface area (TPSA) is 12.0 Å². The molecule has 0 aliphatic carbocycles. The molecule has 21 heavy (non-hydrogen) atoms. The van der Waals surface area contributed by atoms with Crippen molar-refractivity contribution in [3.05, 3.63) is 45.5 Å². The maximum absolute atomic E-state index is 13.7. The summed E-state index contributed by atoms with van der Waals surface area (Å²) in [6.07, 6.45) is 3.42. The van der Waals surface area contributed by atoms with Gasteiger partial charge in [-0.05, 0) is 65.1 Å². The second-order valence-electron chi connectivity index (χ2n) is 5.13. The van der Waals surface area contributed by atoms with E-state index in [2.05, 4.69) is 47.2 Å². The van der Waals surface area contributed by atoms with Crippen molar-refractivity contribution in [2.24, 2.45) is 0 Å². The smallest absolute Gasteiger partial charge is 0.138 e. The lowest BCUT2D eigenvalue weighted by atomic mass is 10.1. The second kappa shape index (κ2) is 8.06. The third kappa shape index (κ3) is 4.38. The van der Waals surface area contributed by atoms with Crippen LogP contribution in [0.1, 0.15) is 44.0 Å². The van der Waals surface area contributed by atoms with Gasteiger partial charge in [-0.2, -0.15) is 0 Å². The molecule has 0 aliphatic heterocycles. The van der Waals surface area contributed by atoms with Gasteiger partial charge in [-0.3, -0.25) is 0 Å². The van der Waals surface area contributed by atoms with Crippen LogP contribution in [-0.4, -0.2) is 6.54 Å². The van der Waals surface area contributed by atoms with E-state index in [4.69, 9.17) is 0 Å². The number of hydrogen-bond donors (Lipinski definition) is 1. The van der Waals surface area contributed by atoms with Gasteiger partial charge >= 0.3 is 0 Å². The molecular weight excluding hydrogens is 349 g/mol. The molecule has 0 saturated carbocycles. The Hall–Kier alpha value is -0.710. The lowest BCUT2D eigenvalue weighted by Crippen LogP contribution is -2.21. The van der Waals surface area contributed by atoms with Crippen LogP contribution in [-0.2, 0) is 0 Å². The largest absolute Gasteiger partial charge is 0.309 e. The first kappa shape index (κ1) is 16.7. The van der Waals surface area contributed by atoms with E-state index in [1.54, 1.807) is 23.5 Å². The van der Waals surface area contributed by atoms with Crippen molar-refractivity contribution in [2.75, 3.05) is 6.54 Å². The highest BCUT2D eigenvalue weighted by Crippen LogP contribution is 2.34. The summed E-state index contributed by atoms with van der Waals surface area (Å²) < 4.78 is 14.2. The van der Waals surface area contributed by atoms with Crippen LogP contribution in [0.25, 0.3) is 10.4 Å². The van der Waals surface area contributed by atoms with Crippen LogP contribution < -0.4 is 5.32 Å². The Bertz CT molecular complexity index is 582. The standard InChI is InChI=1S/C17H21BrFNS/c1-3-5-15(20-10-4-2)17-9-8-16(21-17)12-6-7-13(18)14(19)11-12/h6-9,11,15,20H,3-5,10H2,1-2H3. The molecule has 1 nitrogen and oxygen atoms in total. The fraction of sp³-hybridized carbons (Fsp3) is 0.412. The van der Waals surface area contributed by atoms with Crippen molar-refractivity contribution in [3.63, 3.8) is 0 Å². The minimum Gasteiger partial charge on any atom is -0.309 e. The molecule has 1 aromatic heterocycles. The average Bonchev–Trinajstić information content (AvgIpc) is 2.96. The van der Waals surface area contributed by atoms with Crippen molar-refractivity contribution in [3.8, 4) is 10.4 Å². The molecule has 0 amide bonds. The molecule has 1 unspecified atom stereocenters. The lowest BCUT2D eigenvalue weighted by Gasteiger charge is -2.16. The molecule has 0 fully saturated rings. The van der Waals surface area contributed by atoms with Crippen molar-refractivity contribution in [1.29, 1.82) is 0 Å². The van der Waals surface area contributed by atoms with E-state index in [0.29, 0.717) is 10.5 Å². The number of benzene rings is 1. The Morgan fingerprint density at radius 3 is 2.67 bits per heavy atom. The molecule has 1 N–H and O–H groups in total. The summed E-state index contributed by atoms with van der Waals surface area (Å²) in [7, 11) is 0. The van der Waals surface area contributed by atoms with Gasteiger partial charge < -0.3 is 5.32 Å². The van der Waals surface area contributed by atoms with E-state index < -0.39 is 0 Å². The summed E-state index contributed by atoms with van der Waals surface area (Å²) in [5.74, 6) is -0.211. The van der Waals surface area contributed by atoms with E-state index in [-0.39, 0.29) is 5.82 Å². The normalized spacial score (nSPS) is 12.6. The molecule has 2 aromatic rings. The number of rotatable bonds is 7. The highest BCUT2D eigenvalue weighted by atomic mass is 79.9. The van der Waals surface area contributed by atoms with E-state index in [0.717, 1.165) is 36.2 Å². The van der Waals surface area contributed by atoms with E-state index in [9.17, 15) is 4.39 Å². The van der Waals surface area contributed by atoms with E-state index in [1.165, 1.54) is 4.88 Å². The van der Waals surface area contributed by atoms with Crippen LogP contribution in [0, 0.1) is 5.82 Å². The third-order valence-corrected chi connectivity index (χ3v) is 5.28. The minimum atomic E-state index is -0.211. The van der Waals surface area contributed by atoms with Crippen LogP contribution in [0.4, 0.5) is 4.39 Å². The zero-order valence-corrected chi connectivity index (χ0v) is 14.9. The van der Waals surface area contributed by atoms with Gasteiger partial charge in [0.05, 0.1) is 4.47 Å². The van der Waals surface area contributed by atoms with Gasteiger partial charge in [0.25, 0.3) is 0 Å². The molecule has 1 heterocycles. The maximum Gasteiger partial charge on any atom is 0.138 e. The van der Waals surface area contributed by atoms with Crippen molar-refractivity contribution in [2.45, 2.75) is 39.2 Å². The van der Waals surface area contributed by atoms with Crippen LogP contribution in [0.15, 0.2) is 34.8 Å². The quantitative estimate of drug-likeness (QED) is 0.616. The van der Waals surface area contributed by atoms with E-state index in [1.807, 2.05) is 6.07 Å². The fourth-order valence-corrected chi connectivity index (χ4v) is 3.66. The molecule has 2 rings (SSSR count). The Morgan fingerprint density at radius 1 is 1.19 bits per heavy atom. The Morgan fingerprint density at radius 2 is 2.00 bits per heavy atom. The number of hydrogen-bond acceptors (Lipinski definition) is 2. The number of halogens is 2. The number of thiophene rings is 1. The zero-order valence-electron chi connectivity index (χ0n) is 12.5. The second-order valence-corrected chi connectivity index (χ2v) is 7.10. The molecule has 4 heteroatoms. The lowest BCUT2D eigenvalue weighted by molar-refractivity contribution is 0.501. The predicted octanol–water partition coefficient (Wildman–Crippen LogP) is 6.16. The molecule has 0 bridgehead atoms. The van der Waals surface area contributed by atoms with E-state index >= 15 is 0 Å². The van der Waals surface area contributed by atoms with Gasteiger partial charge in [-0.25, -0.2) is 4.39 Å². The Kier molecular flexibility index (Phi) is 6.40. The molecular formula is C17H21BrFNS. The van der Waals surface area contributed by atoms with Crippen LogP contribution >= 0.6 is 27.3 Å². The Balaban J connectivity index is 2.20. The monoisotopic (exact) mass is 369 g/mol. The van der Waals surface area contributed by atoms with Gasteiger partial charge in [0.15, 0.2) is 0 Å². The predicted molar refractivity (Wildman–Crippen MR) is 93.4 cm³/mol. The van der Waals surface area contributed by atoms with Gasteiger partial charge in [0.2, 0.25) is 0 Å². The third-order valence-electron chi connectivity index (χ3n) is 3.39. The van der Waals surface area contributed by atoms with Gasteiger partial charge in [0.1, 0.15) is 5.82 Å². The summed E-state index contributed by atoms with van der Waals surface area (Å²) >= 11 is 4.95. The molecule has 0 spiro atoms. The van der Waals surface area contributed by atoms with Crippen molar-refractivity contribution in [1.82, 2.24) is 5.32 Å². The summed E-state index contributed by atoms with van der Waals surface area (Å²) in [4.78, 5) is 2.46. The molecule has 0 radical (unpaired) electrons. The highest BCUT2D eigenvalue weighted by Gasteiger charge is 2.13. The SMILES string of the molecule is CCCNC(CCC)c1ccc(-c2ccc(Br)c(F)c2)s1. The van der Waals surface area contributed by atoms with Crippen molar-refractivity contribution >= 4 is 27.3 Å². The molecule has 0 aliphatic rings. The zero-order chi connectivity index (χ0) is 15.2. The minimum absolute atomic E-state index is 0.211. The molecule has 1 atom stereocenters. The summed E-state index contributed by atoms with van der Waals surface area (Å²) in [6, 6.07) is 9.99. The molecule has 1 aromatic carbocycles. The summed E-state index contributed by atoms with van der Waals surface area (Å²) in [6.45, 7) is 5.42. The maximum atomic E-state index is 13.7. The van der Waals surface area contributed by atoms with Crippen LogP contribution in [0.3, 0.4) is 0 Å². The number of nitrogens with one attached hydrogen (secondary N) is 1. The van der Waals surface area contributed by atoms with Crippen molar-refractivity contribution < 1.29 is 4.39 Å². The first-order chi connectivity index (χ1) is 10.2. The molecule has 114 valence electrons. The first-order valence-corrected chi connectivity index (χ1v) is 9.05.